The summed E-state index contributed by atoms with van der Waals surface area (Å²) in [5, 5.41) is 2.72. The van der Waals surface area contributed by atoms with Gasteiger partial charge in [-0.2, -0.15) is 8.42 Å². The first-order chi connectivity index (χ1) is 11.7. The number of nitrogens with one attached hydrogen (secondary N) is 1. The van der Waals surface area contributed by atoms with E-state index in [0.717, 1.165) is 5.56 Å². The summed E-state index contributed by atoms with van der Waals surface area (Å²) in [4.78, 5) is 11.7. The molecule has 5 nitrogen and oxygen atoms in total. The van der Waals surface area contributed by atoms with E-state index in [-0.39, 0.29) is 22.6 Å². The molecule has 0 aliphatic heterocycles. The maximum absolute atomic E-state index is 12.5. The normalized spacial score (nSPS) is 11.6. The molecule has 0 aliphatic carbocycles. The lowest BCUT2D eigenvalue weighted by atomic mass is 10.0. The topological polar surface area (TPSA) is 72.5 Å². The highest BCUT2D eigenvalue weighted by atomic mass is 32.2. The van der Waals surface area contributed by atoms with Gasteiger partial charge in [0.2, 0.25) is 5.91 Å². The van der Waals surface area contributed by atoms with Crippen LogP contribution in [-0.2, 0) is 14.9 Å². The minimum atomic E-state index is -3.94. The number of benzene rings is 2. The number of para-hydroxylation sites is 1. The van der Waals surface area contributed by atoms with E-state index in [1.54, 1.807) is 38.1 Å². The fraction of sp³-hybridized carbons (Fsp3) is 0.316. The third-order valence-electron chi connectivity index (χ3n) is 3.68. The number of carbonyl (C=O) groups is 1. The Balaban J connectivity index is 2.22. The molecule has 0 fully saturated rings. The molecule has 2 rings (SSSR count). The zero-order chi connectivity index (χ0) is 18.6. The minimum absolute atomic E-state index is 0.0357. The Morgan fingerprint density at radius 1 is 0.960 bits per heavy atom. The predicted molar refractivity (Wildman–Crippen MR) is 98.3 cm³/mol. The number of rotatable bonds is 6. The molecule has 0 aliphatic rings. The third-order valence-corrected chi connectivity index (χ3v) is 4.92. The van der Waals surface area contributed by atoms with Gasteiger partial charge in [0.05, 0.1) is 0 Å². The maximum atomic E-state index is 12.5. The Hall–Kier alpha value is -2.34. The Bertz CT molecular complexity index is 840. The summed E-state index contributed by atoms with van der Waals surface area (Å²) in [6, 6.07) is 13.0. The molecule has 6 heteroatoms. The van der Waals surface area contributed by atoms with Gasteiger partial charge < -0.3 is 9.50 Å². The molecule has 2 aromatic rings. The minimum Gasteiger partial charge on any atom is -0.379 e. The lowest BCUT2D eigenvalue weighted by molar-refractivity contribution is -0.118. The van der Waals surface area contributed by atoms with Crippen molar-refractivity contribution in [1.29, 1.82) is 0 Å². The highest BCUT2D eigenvalue weighted by Crippen LogP contribution is 2.29. The Morgan fingerprint density at radius 3 is 2.12 bits per heavy atom. The van der Waals surface area contributed by atoms with Crippen LogP contribution in [0.25, 0.3) is 0 Å². The molecular formula is C19H23NO4S. The van der Waals surface area contributed by atoms with E-state index >= 15 is 0 Å². The highest BCUT2D eigenvalue weighted by molar-refractivity contribution is 7.87. The van der Waals surface area contributed by atoms with Crippen LogP contribution in [0, 0.1) is 5.92 Å². The fourth-order valence-corrected chi connectivity index (χ4v) is 3.15. The summed E-state index contributed by atoms with van der Waals surface area (Å²) in [7, 11) is -3.94. The average Bonchev–Trinajstić information content (AvgIpc) is 2.55. The molecule has 0 radical (unpaired) electrons. The van der Waals surface area contributed by atoms with Crippen molar-refractivity contribution >= 4 is 21.7 Å². The van der Waals surface area contributed by atoms with Crippen molar-refractivity contribution in [3.05, 3.63) is 54.1 Å². The summed E-state index contributed by atoms with van der Waals surface area (Å²) < 4.78 is 30.3. The predicted octanol–water partition coefficient (Wildman–Crippen LogP) is 4.17. The Labute approximate surface area is 149 Å². The van der Waals surface area contributed by atoms with Crippen LogP contribution in [0.2, 0.25) is 0 Å². The second kappa shape index (κ2) is 7.70. The van der Waals surface area contributed by atoms with E-state index in [1.165, 1.54) is 12.1 Å². The Kier molecular flexibility index (Phi) is 5.85. The lowest BCUT2D eigenvalue weighted by Crippen LogP contribution is -2.17. The van der Waals surface area contributed by atoms with E-state index in [4.69, 9.17) is 4.18 Å². The monoisotopic (exact) mass is 361 g/mol. The van der Waals surface area contributed by atoms with Crippen LogP contribution in [0.3, 0.4) is 0 Å². The second-order valence-electron chi connectivity index (χ2n) is 6.40. The van der Waals surface area contributed by atoms with E-state index in [1.807, 2.05) is 26.0 Å². The van der Waals surface area contributed by atoms with Crippen LogP contribution < -0.4 is 9.50 Å². The van der Waals surface area contributed by atoms with Gasteiger partial charge in [0.25, 0.3) is 0 Å². The van der Waals surface area contributed by atoms with Gasteiger partial charge in [-0.3, -0.25) is 4.79 Å². The third kappa shape index (κ3) is 4.82. The van der Waals surface area contributed by atoms with Crippen LogP contribution in [0.1, 0.15) is 39.2 Å². The molecule has 0 unspecified atom stereocenters. The number of hydrogen-bond donors (Lipinski definition) is 1. The van der Waals surface area contributed by atoms with Gasteiger partial charge in [-0.05, 0) is 41.8 Å². The molecule has 25 heavy (non-hydrogen) atoms. The molecule has 134 valence electrons. The van der Waals surface area contributed by atoms with Gasteiger partial charge in [0, 0.05) is 11.6 Å². The van der Waals surface area contributed by atoms with Gasteiger partial charge in [0.15, 0.2) is 0 Å². The fourth-order valence-electron chi connectivity index (χ4n) is 2.19. The van der Waals surface area contributed by atoms with Crippen molar-refractivity contribution in [3.8, 4) is 5.75 Å². The number of anilines is 1. The van der Waals surface area contributed by atoms with Crippen molar-refractivity contribution in [1.82, 2.24) is 0 Å². The van der Waals surface area contributed by atoms with E-state index in [9.17, 15) is 13.2 Å². The van der Waals surface area contributed by atoms with E-state index in [2.05, 4.69) is 5.32 Å². The van der Waals surface area contributed by atoms with Gasteiger partial charge >= 0.3 is 10.1 Å². The molecule has 2 aromatic carbocycles. The molecule has 1 amide bonds. The molecule has 0 bridgehead atoms. The summed E-state index contributed by atoms with van der Waals surface area (Å²) in [5.74, 6) is 0.187. The smallest absolute Gasteiger partial charge is 0.339 e. The summed E-state index contributed by atoms with van der Waals surface area (Å²) in [6.07, 6.45) is 0. The number of amides is 1. The first kappa shape index (κ1) is 19.0. The van der Waals surface area contributed by atoms with Crippen molar-refractivity contribution < 1.29 is 17.4 Å². The van der Waals surface area contributed by atoms with Crippen molar-refractivity contribution in [2.24, 2.45) is 5.92 Å². The molecule has 0 heterocycles. The molecule has 0 saturated carbocycles. The van der Waals surface area contributed by atoms with E-state index in [0.29, 0.717) is 11.4 Å². The summed E-state index contributed by atoms with van der Waals surface area (Å²) in [5.41, 5.74) is 1.37. The van der Waals surface area contributed by atoms with Crippen LogP contribution in [-0.4, -0.2) is 14.3 Å². The SMILES string of the molecule is CC(C)C(=O)Nc1ccc(S(=O)(=O)Oc2ccccc2C(C)C)cc1. The molecule has 1 N–H and O–H groups in total. The Morgan fingerprint density at radius 2 is 1.56 bits per heavy atom. The lowest BCUT2D eigenvalue weighted by Gasteiger charge is -2.14. The van der Waals surface area contributed by atoms with E-state index < -0.39 is 10.1 Å². The van der Waals surface area contributed by atoms with Crippen molar-refractivity contribution in [2.45, 2.75) is 38.5 Å². The van der Waals surface area contributed by atoms with Crippen molar-refractivity contribution in [2.75, 3.05) is 5.32 Å². The van der Waals surface area contributed by atoms with Crippen LogP contribution in [0.5, 0.6) is 5.75 Å². The molecular weight excluding hydrogens is 338 g/mol. The first-order valence-corrected chi connectivity index (χ1v) is 9.56. The number of hydrogen-bond acceptors (Lipinski definition) is 4. The van der Waals surface area contributed by atoms with Crippen LogP contribution in [0.15, 0.2) is 53.4 Å². The van der Waals surface area contributed by atoms with Crippen LogP contribution >= 0.6 is 0 Å². The molecule has 0 saturated heterocycles. The first-order valence-electron chi connectivity index (χ1n) is 8.15. The molecule has 0 aromatic heterocycles. The van der Waals surface area contributed by atoms with Gasteiger partial charge in [0.1, 0.15) is 10.6 Å². The molecule has 0 spiro atoms. The van der Waals surface area contributed by atoms with Gasteiger partial charge in [-0.15, -0.1) is 0 Å². The average molecular weight is 361 g/mol. The van der Waals surface area contributed by atoms with Gasteiger partial charge in [-0.25, -0.2) is 0 Å². The maximum Gasteiger partial charge on any atom is 0.339 e. The van der Waals surface area contributed by atoms with Gasteiger partial charge in [-0.1, -0.05) is 45.9 Å². The standard InChI is InChI=1S/C19H23NO4S/c1-13(2)17-7-5-6-8-18(17)24-25(22,23)16-11-9-15(10-12-16)20-19(21)14(3)4/h5-14H,1-4H3,(H,20,21). The second-order valence-corrected chi connectivity index (χ2v) is 7.94. The number of carbonyl (C=O) groups excluding carboxylic acids is 1. The zero-order valence-electron chi connectivity index (χ0n) is 14.8. The summed E-state index contributed by atoms with van der Waals surface area (Å²) >= 11 is 0. The largest absolute Gasteiger partial charge is 0.379 e. The highest BCUT2D eigenvalue weighted by Gasteiger charge is 2.19. The zero-order valence-corrected chi connectivity index (χ0v) is 15.6. The quantitative estimate of drug-likeness (QED) is 0.784. The van der Waals surface area contributed by atoms with Crippen LogP contribution in [0.4, 0.5) is 5.69 Å². The molecule has 0 atom stereocenters. The summed E-state index contributed by atoms with van der Waals surface area (Å²) in [6.45, 7) is 7.52. The van der Waals surface area contributed by atoms with Crippen molar-refractivity contribution in [3.63, 3.8) is 0 Å².